The van der Waals surface area contributed by atoms with Crippen LogP contribution in [0.25, 0.3) is 5.57 Å². The number of benzene rings is 2. The number of alkyl halides is 3. The Morgan fingerprint density at radius 2 is 1.47 bits per heavy atom. The third-order valence-corrected chi connectivity index (χ3v) is 27.0. The SMILES string of the molecule is CC1=C(C)[CH]([Zr]([CH]2C=C(c3cccc(C(F)(F)F)c3)c3ccccc32)=[Si](C)C)C(C)=C1C. The first kappa shape index (κ1) is 23.7. The van der Waals surface area contributed by atoms with Crippen molar-refractivity contribution in [2.45, 2.75) is 54.2 Å². The summed E-state index contributed by atoms with van der Waals surface area (Å²) in [4.78, 5) is 0. The fraction of sp³-hybridized carbons (Fsp3) is 0.333. The van der Waals surface area contributed by atoms with Crippen LogP contribution in [0.2, 0.25) is 16.7 Å². The summed E-state index contributed by atoms with van der Waals surface area (Å²) in [5.74, 6) is 0. The van der Waals surface area contributed by atoms with Crippen molar-refractivity contribution in [2.75, 3.05) is 0 Å². The van der Waals surface area contributed by atoms with Gasteiger partial charge in [0.25, 0.3) is 0 Å². The van der Waals surface area contributed by atoms with E-state index < -0.39 is 37.5 Å². The molecule has 32 heavy (non-hydrogen) atoms. The van der Waals surface area contributed by atoms with Crippen LogP contribution in [0, 0.1) is 0 Å². The van der Waals surface area contributed by atoms with Gasteiger partial charge in [0.2, 0.25) is 0 Å². The van der Waals surface area contributed by atoms with Crippen molar-refractivity contribution in [1.82, 2.24) is 0 Å². The van der Waals surface area contributed by atoms with Gasteiger partial charge < -0.3 is 0 Å². The molecule has 2 aromatic carbocycles. The topological polar surface area (TPSA) is 0 Å². The molecule has 1 unspecified atom stereocenters. The summed E-state index contributed by atoms with van der Waals surface area (Å²) in [6.45, 7) is 14.0. The fourth-order valence-corrected chi connectivity index (χ4v) is 25.9. The van der Waals surface area contributed by atoms with Crippen LogP contribution in [0.3, 0.4) is 0 Å². The number of hydrogen-bond acceptors (Lipinski definition) is 0. The molecule has 0 bridgehead atoms. The Balaban J connectivity index is 1.89. The molecule has 0 aromatic heterocycles. The molecule has 5 heteroatoms. The van der Waals surface area contributed by atoms with Gasteiger partial charge in [-0.15, -0.1) is 0 Å². The zero-order valence-electron chi connectivity index (χ0n) is 19.5. The molecule has 0 fully saturated rings. The van der Waals surface area contributed by atoms with Gasteiger partial charge in [-0.05, 0) is 0 Å². The number of halogens is 3. The van der Waals surface area contributed by atoms with Gasteiger partial charge in [0, 0.05) is 0 Å². The molecular formula is C27H29F3SiZr. The summed E-state index contributed by atoms with van der Waals surface area (Å²) in [7, 11) is 0. The summed E-state index contributed by atoms with van der Waals surface area (Å²) >= 11 is -2.11. The first-order valence-electron chi connectivity index (χ1n) is 11.0. The Kier molecular flexibility index (Phi) is 6.46. The van der Waals surface area contributed by atoms with Gasteiger partial charge in [-0.1, -0.05) is 0 Å². The van der Waals surface area contributed by atoms with Crippen molar-refractivity contribution in [1.29, 1.82) is 0 Å². The van der Waals surface area contributed by atoms with Crippen molar-refractivity contribution >= 4 is 11.0 Å². The van der Waals surface area contributed by atoms with Crippen molar-refractivity contribution < 1.29 is 33.5 Å². The molecule has 0 nitrogen and oxygen atoms in total. The molecule has 2 aliphatic rings. The minimum atomic E-state index is -4.33. The van der Waals surface area contributed by atoms with Gasteiger partial charge in [0.15, 0.2) is 0 Å². The molecule has 0 amide bonds. The van der Waals surface area contributed by atoms with Crippen LogP contribution in [0.1, 0.15) is 53.6 Å². The van der Waals surface area contributed by atoms with Crippen LogP contribution in [0.4, 0.5) is 13.2 Å². The Bertz CT molecular complexity index is 1200. The molecule has 0 N–H and O–H groups in total. The Morgan fingerprint density at radius 3 is 2.06 bits per heavy atom. The predicted octanol–water partition coefficient (Wildman–Crippen LogP) is 8.54. The fourth-order valence-electron chi connectivity index (χ4n) is 5.33. The molecule has 0 radical (unpaired) electrons. The molecule has 0 aliphatic heterocycles. The van der Waals surface area contributed by atoms with Crippen LogP contribution in [-0.4, -0.2) is 5.43 Å². The summed E-state index contributed by atoms with van der Waals surface area (Å²) in [6, 6.07) is 14.2. The maximum absolute atomic E-state index is 13.4. The molecule has 2 aromatic rings. The van der Waals surface area contributed by atoms with Crippen molar-refractivity contribution in [3.8, 4) is 0 Å². The average molecular weight is 530 g/mol. The van der Waals surface area contributed by atoms with E-state index >= 15 is 0 Å². The van der Waals surface area contributed by atoms with Gasteiger partial charge in [-0.2, -0.15) is 0 Å². The van der Waals surface area contributed by atoms with E-state index in [2.05, 4.69) is 65.1 Å². The Hall–Kier alpha value is -1.45. The van der Waals surface area contributed by atoms with Crippen molar-refractivity contribution in [3.63, 3.8) is 0 Å². The van der Waals surface area contributed by atoms with Gasteiger partial charge in [-0.25, -0.2) is 0 Å². The third-order valence-electron chi connectivity index (χ3n) is 7.26. The number of hydrogen-bond donors (Lipinski definition) is 0. The monoisotopic (exact) mass is 528 g/mol. The predicted molar refractivity (Wildman–Crippen MR) is 126 cm³/mol. The van der Waals surface area contributed by atoms with Crippen molar-refractivity contribution in [3.05, 3.63) is 99.2 Å². The van der Waals surface area contributed by atoms with E-state index in [0.29, 0.717) is 12.8 Å². The molecule has 1 atom stereocenters. The van der Waals surface area contributed by atoms with E-state index in [9.17, 15) is 13.2 Å². The molecule has 166 valence electrons. The molecule has 0 heterocycles. The van der Waals surface area contributed by atoms with E-state index in [1.54, 1.807) is 11.1 Å². The number of fused-ring (bicyclic) bond motifs is 1. The van der Waals surface area contributed by atoms with Crippen LogP contribution in [0.15, 0.2) is 76.9 Å². The average Bonchev–Trinajstić information content (AvgIpc) is 3.21. The minimum absolute atomic E-state index is 0.399. The maximum atomic E-state index is 13.4. The molecule has 0 saturated carbocycles. The second kappa shape index (κ2) is 8.72. The standard InChI is InChI=1S/C16H10F3.C9H13.C2H6Si.Zr/c17-16(18,19)13-6-3-5-12(10-13)15-9-8-11-4-1-2-7-14(11)15;1-6-5-7(2)9(4)8(6)3;1-3-2;/h1-10H;5H,1-4H3;1-2H3;. The zero-order valence-corrected chi connectivity index (χ0v) is 22.9. The van der Waals surface area contributed by atoms with Gasteiger partial charge in [-0.3, -0.25) is 0 Å². The van der Waals surface area contributed by atoms with Crippen LogP contribution >= 0.6 is 0 Å². The molecular weight excluding hydrogens is 501 g/mol. The second-order valence-electron chi connectivity index (χ2n) is 9.23. The summed E-state index contributed by atoms with van der Waals surface area (Å²) < 4.78 is 41.2. The van der Waals surface area contributed by atoms with E-state index in [0.717, 1.165) is 17.2 Å². The second-order valence-corrected chi connectivity index (χ2v) is 27.2. The van der Waals surface area contributed by atoms with E-state index in [4.69, 9.17) is 0 Å². The van der Waals surface area contributed by atoms with Crippen LogP contribution < -0.4 is 0 Å². The normalized spacial score (nSPS) is 18.9. The van der Waals surface area contributed by atoms with Gasteiger partial charge in [0.1, 0.15) is 0 Å². The molecule has 4 rings (SSSR count). The van der Waals surface area contributed by atoms with E-state index in [-0.39, 0.29) is 0 Å². The van der Waals surface area contributed by atoms with Gasteiger partial charge in [0.05, 0.1) is 0 Å². The third kappa shape index (κ3) is 4.01. The first-order chi connectivity index (χ1) is 15.0. The first-order valence-corrected chi connectivity index (χ1v) is 20.1. The molecule has 0 spiro atoms. The Morgan fingerprint density at radius 1 is 0.844 bits per heavy atom. The molecule has 0 saturated heterocycles. The zero-order chi connectivity index (χ0) is 23.4. The van der Waals surface area contributed by atoms with E-state index in [1.807, 2.05) is 12.1 Å². The number of allylic oxidation sites excluding steroid dienone is 5. The molecule has 2 aliphatic carbocycles. The summed E-state index contributed by atoms with van der Waals surface area (Å²) in [5.41, 5.74) is 8.98. The summed E-state index contributed by atoms with van der Waals surface area (Å²) in [5, 5.41) is 0. The Labute approximate surface area is 197 Å². The quantitative estimate of drug-likeness (QED) is 0.350. The van der Waals surface area contributed by atoms with Gasteiger partial charge >= 0.3 is 198 Å². The summed E-state index contributed by atoms with van der Waals surface area (Å²) in [6.07, 6.45) is -1.99. The van der Waals surface area contributed by atoms with Crippen LogP contribution in [-0.2, 0) is 26.5 Å². The number of rotatable bonds is 3. The van der Waals surface area contributed by atoms with E-state index in [1.165, 1.54) is 28.8 Å². The van der Waals surface area contributed by atoms with Crippen molar-refractivity contribution in [2.24, 2.45) is 0 Å². The van der Waals surface area contributed by atoms with Crippen LogP contribution in [0.5, 0.6) is 0 Å².